The third-order valence-corrected chi connectivity index (χ3v) is 4.25. The van der Waals surface area contributed by atoms with Gasteiger partial charge in [0.05, 0.1) is 6.04 Å². The summed E-state index contributed by atoms with van der Waals surface area (Å²) < 4.78 is 0.972. The summed E-state index contributed by atoms with van der Waals surface area (Å²) in [6, 6.07) is 14.0. The fourth-order valence-corrected chi connectivity index (χ4v) is 3.02. The van der Waals surface area contributed by atoms with Crippen LogP contribution in [0.25, 0.3) is 0 Å². The zero-order chi connectivity index (χ0) is 14.5. The molecule has 1 N–H and O–H groups in total. The SMILES string of the molecule is CCCC(Nc1ccc(Cl)cc1Br)c1ccc(Cl)cc1. The molecule has 2 rings (SSSR count). The van der Waals surface area contributed by atoms with E-state index in [1.165, 1.54) is 5.56 Å². The summed E-state index contributed by atoms with van der Waals surface area (Å²) in [6.07, 6.45) is 2.15. The second-order valence-electron chi connectivity index (χ2n) is 4.66. The topological polar surface area (TPSA) is 12.0 Å². The van der Waals surface area contributed by atoms with E-state index in [9.17, 15) is 0 Å². The lowest BCUT2D eigenvalue weighted by molar-refractivity contribution is 0.677. The lowest BCUT2D eigenvalue weighted by atomic mass is 10.0. The van der Waals surface area contributed by atoms with Crippen molar-refractivity contribution in [2.45, 2.75) is 25.8 Å². The van der Waals surface area contributed by atoms with Crippen molar-refractivity contribution in [3.8, 4) is 0 Å². The summed E-state index contributed by atoms with van der Waals surface area (Å²) in [7, 11) is 0. The van der Waals surface area contributed by atoms with Crippen molar-refractivity contribution in [2.75, 3.05) is 5.32 Å². The number of hydrogen-bond acceptors (Lipinski definition) is 1. The van der Waals surface area contributed by atoms with E-state index < -0.39 is 0 Å². The standard InChI is InChI=1S/C16H16BrCl2N/c1-2-3-15(11-4-6-12(18)7-5-11)20-16-9-8-13(19)10-14(16)17/h4-10,15,20H,2-3H2,1H3. The fourth-order valence-electron chi connectivity index (χ4n) is 2.10. The van der Waals surface area contributed by atoms with Crippen molar-refractivity contribution >= 4 is 44.8 Å². The van der Waals surface area contributed by atoms with Crippen LogP contribution in [-0.2, 0) is 0 Å². The average Bonchev–Trinajstić information content (AvgIpc) is 2.42. The highest BCUT2D eigenvalue weighted by Gasteiger charge is 2.12. The van der Waals surface area contributed by atoms with Gasteiger partial charge in [-0.15, -0.1) is 0 Å². The molecular formula is C16H16BrCl2N. The van der Waals surface area contributed by atoms with Gasteiger partial charge in [0.2, 0.25) is 0 Å². The molecule has 0 amide bonds. The van der Waals surface area contributed by atoms with Crippen LogP contribution in [0.15, 0.2) is 46.9 Å². The van der Waals surface area contributed by atoms with Crippen LogP contribution < -0.4 is 5.32 Å². The molecule has 1 unspecified atom stereocenters. The van der Waals surface area contributed by atoms with Crippen molar-refractivity contribution in [3.05, 3.63) is 62.5 Å². The van der Waals surface area contributed by atoms with Crippen LogP contribution in [0.1, 0.15) is 31.4 Å². The summed E-state index contributed by atoms with van der Waals surface area (Å²) in [5.74, 6) is 0. The maximum Gasteiger partial charge on any atom is 0.0514 e. The Hall–Kier alpha value is -0.700. The molecule has 1 nitrogen and oxygen atoms in total. The summed E-state index contributed by atoms with van der Waals surface area (Å²) in [5, 5.41) is 5.05. The van der Waals surface area contributed by atoms with Gasteiger partial charge in [-0.25, -0.2) is 0 Å². The Morgan fingerprint density at radius 3 is 2.30 bits per heavy atom. The maximum absolute atomic E-state index is 5.98. The van der Waals surface area contributed by atoms with Crippen molar-refractivity contribution in [3.63, 3.8) is 0 Å². The summed E-state index contributed by atoms with van der Waals surface area (Å²) in [6.45, 7) is 2.18. The molecule has 0 aromatic heterocycles. The van der Waals surface area contributed by atoms with Gasteiger partial charge in [-0.1, -0.05) is 48.7 Å². The highest BCUT2D eigenvalue weighted by atomic mass is 79.9. The highest BCUT2D eigenvalue weighted by molar-refractivity contribution is 9.10. The van der Waals surface area contributed by atoms with Crippen LogP contribution in [0.2, 0.25) is 10.0 Å². The Morgan fingerprint density at radius 2 is 1.70 bits per heavy atom. The molecule has 4 heteroatoms. The van der Waals surface area contributed by atoms with Gasteiger partial charge in [0.15, 0.2) is 0 Å². The molecule has 1 atom stereocenters. The summed E-state index contributed by atoms with van der Waals surface area (Å²) in [4.78, 5) is 0. The van der Waals surface area contributed by atoms with Crippen molar-refractivity contribution in [1.29, 1.82) is 0 Å². The van der Waals surface area contributed by atoms with Gasteiger partial charge in [0.1, 0.15) is 0 Å². The van der Waals surface area contributed by atoms with E-state index in [1.54, 1.807) is 0 Å². The van der Waals surface area contributed by atoms with Crippen molar-refractivity contribution < 1.29 is 0 Å². The number of anilines is 1. The Morgan fingerprint density at radius 1 is 1.05 bits per heavy atom. The van der Waals surface area contributed by atoms with Gasteiger partial charge in [0, 0.05) is 20.2 Å². The van der Waals surface area contributed by atoms with E-state index in [0.717, 1.165) is 33.0 Å². The molecule has 106 valence electrons. The number of halogens is 3. The third kappa shape index (κ3) is 4.15. The molecule has 20 heavy (non-hydrogen) atoms. The van der Waals surface area contributed by atoms with Crippen LogP contribution in [0, 0.1) is 0 Å². The van der Waals surface area contributed by atoms with Crippen LogP contribution in [-0.4, -0.2) is 0 Å². The van der Waals surface area contributed by atoms with Gasteiger partial charge >= 0.3 is 0 Å². The minimum atomic E-state index is 0.259. The molecule has 0 radical (unpaired) electrons. The van der Waals surface area contributed by atoms with E-state index in [-0.39, 0.29) is 6.04 Å². The second kappa shape index (κ2) is 7.35. The third-order valence-electron chi connectivity index (χ3n) is 3.11. The van der Waals surface area contributed by atoms with E-state index in [2.05, 4.69) is 40.3 Å². The van der Waals surface area contributed by atoms with Crippen LogP contribution in [0.4, 0.5) is 5.69 Å². The summed E-state index contributed by atoms with van der Waals surface area (Å²) in [5.41, 5.74) is 2.28. The second-order valence-corrected chi connectivity index (χ2v) is 6.39. The molecule has 0 saturated heterocycles. The minimum Gasteiger partial charge on any atom is -0.377 e. The lowest BCUT2D eigenvalue weighted by Crippen LogP contribution is -2.10. The largest absolute Gasteiger partial charge is 0.377 e. The molecule has 0 heterocycles. The van der Waals surface area contributed by atoms with E-state index in [1.807, 2.05) is 30.3 Å². The number of benzene rings is 2. The summed E-state index contributed by atoms with van der Waals surface area (Å²) >= 11 is 15.5. The quantitative estimate of drug-likeness (QED) is 0.614. The zero-order valence-corrected chi connectivity index (χ0v) is 14.3. The average molecular weight is 373 g/mol. The molecular weight excluding hydrogens is 357 g/mol. The van der Waals surface area contributed by atoms with Crippen LogP contribution in [0.3, 0.4) is 0 Å². The molecule has 0 saturated carbocycles. The first kappa shape index (κ1) is 15.7. The smallest absolute Gasteiger partial charge is 0.0514 e. The van der Waals surface area contributed by atoms with Crippen LogP contribution >= 0.6 is 39.1 Å². The van der Waals surface area contributed by atoms with Gasteiger partial charge in [0.25, 0.3) is 0 Å². The van der Waals surface area contributed by atoms with Crippen LogP contribution in [0.5, 0.6) is 0 Å². The predicted molar refractivity (Wildman–Crippen MR) is 91.9 cm³/mol. The first-order chi connectivity index (χ1) is 9.60. The van der Waals surface area contributed by atoms with Gasteiger partial charge in [-0.3, -0.25) is 0 Å². The minimum absolute atomic E-state index is 0.259. The van der Waals surface area contributed by atoms with Crippen molar-refractivity contribution in [2.24, 2.45) is 0 Å². The van der Waals surface area contributed by atoms with Crippen molar-refractivity contribution in [1.82, 2.24) is 0 Å². The highest BCUT2D eigenvalue weighted by Crippen LogP contribution is 2.31. The molecule has 0 fully saturated rings. The molecule has 0 bridgehead atoms. The molecule has 2 aromatic rings. The first-order valence-electron chi connectivity index (χ1n) is 6.57. The Bertz CT molecular complexity index is 569. The predicted octanol–water partition coefficient (Wildman–Crippen LogP) is 6.71. The number of rotatable bonds is 5. The van der Waals surface area contributed by atoms with E-state index in [4.69, 9.17) is 23.2 Å². The number of nitrogens with one attached hydrogen (secondary N) is 1. The molecule has 0 aliphatic rings. The molecule has 0 aliphatic heterocycles. The van der Waals surface area contributed by atoms with E-state index >= 15 is 0 Å². The lowest BCUT2D eigenvalue weighted by Gasteiger charge is -2.21. The Balaban J connectivity index is 2.22. The van der Waals surface area contributed by atoms with Gasteiger partial charge < -0.3 is 5.32 Å². The van der Waals surface area contributed by atoms with Gasteiger partial charge in [-0.05, 0) is 58.2 Å². The molecule has 0 aliphatic carbocycles. The molecule has 0 spiro atoms. The number of hydrogen-bond donors (Lipinski definition) is 1. The monoisotopic (exact) mass is 371 g/mol. The van der Waals surface area contributed by atoms with Gasteiger partial charge in [-0.2, -0.15) is 0 Å². The first-order valence-corrected chi connectivity index (χ1v) is 8.12. The molecule has 2 aromatic carbocycles. The zero-order valence-electron chi connectivity index (χ0n) is 11.2. The maximum atomic E-state index is 5.98. The Kier molecular flexibility index (Phi) is 5.76. The Labute approximate surface area is 138 Å². The normalized spacial score (nSPS) is 12.2. The fraction of sp³-hybridized carbons (Fsp3) is 0.250. The van der Waals surface area contributed by atoms with E-state index in [0.29, 0.717) is 0 Å².